The van der Waals surface area contributed by atoms with Crippen molar-refractivity contribution in [3.63, 3.8) is 0 Å². The average Bonchev–Trinajstić information content (AvgIpc) is 2.54. The fourth-order valence-electron chi connectivity index (χ4n) is 1.40. The van der Waals surface area contributed by atoms with Gasteiger partial charge in [0, 0.05) is 22.1 Å². The molecular formula is C9H9ClIN3S. The highest BCUT2D eigenvalue weighted by Crippen LogP contribution is 2.26. The van der Waals surface area contributed by atoms with Gasteiger partial charge in [0.25, 0.3) is 0 Å². The molecule has 0 saturated heterocycles. The molecule has 2 aromatic heterocycles. The maximum Gasteiger partial charge on any atom is 0.145 e. The van der Waals surface area contributed by atoms with E-state index in [0.29, 0.717) is 5.15 Å². The van der Waals surface area contributed by atoms with E-state index in [9.17, 15) is 0 Å². The molecule has 0 spiro atoms. The summed E-state index contributed by atoms with van der Waals surface area (Å²) in [6.45, 7) is 0.952. The number of fused-ring (bicyclic) bond motifs is 1. The van der Waals surface area contributed by atoms with Gasteiger partial charge in [-0.15, -0.1) is 0 Å². The lowest BCUT2D eigenvalue weighted by molar-refractivity contribution is 0.795. The summed E-state index contributed by atoms with van der Waals surface area (Å²) in [5.74, 6) is 1.07. The Balaban J connectivity index is 2.53. The maximum atomic E-state index is 6.04. The summed E-state index contributed by atoms with van der Waals surface area (Å²) in [6, 6.07) is 0. The molecule has 3 nitrogen and oxygen atoms in total. The highest BCUT2D eigenvalue weighted by atomic mass is 127. The van der Waals surface area contributed by atoms with Gasteiger partial charge in [-0.25, -0.2) is 9.97 Å². The molecule has 2 rings (SSSR count). The average molecular weight is 354 g/mol. The van der Waals surface area contributed by atoms with Crippen molar-refractivity contribution in [3.05, 3.63) is 21.2 Å². The van der Waals surface area contributed by atoms with Crippen LogP contribution in [0.1, 0.15) is 0 Å². The van der Waals surface area contributed by atoms with Crippen LogP contribution in [0.3, 0.4) is 0 Å². The summed E-state index contributed by atoms with van der Waals surface area (Å²) in [5.41, 5.74) is 0.924. The second kappa shape index (κ2) is 4.88. The monoisotopic (exact) mass is 353 g/mol. The molecule has 0 fully saturated rings. The van der Waals surface area contributed by atoms with Crippen LogP contribution in [0.5, 0.6) is 0 Å². The quantitative estimate of drug-likeness (QED) is 0.628. The fraction of sp³-hybridized carbons (Fsp3) is 0.333. The van der Waals surface area contributed by atoms with Gasteiger partial charge in [0.15, 0.2) is 0 Å². The van der Waals surface area contributed by atoms with E-state index in [0.717, 1.165) is 26.9 Å². The van der Waals surface area contributed by atoms with E-state index in [2.05, 4.69) is 49.6 Å². The molecular weight excluding hydrogens is 345 g/mol. The molecule has 2 heterocycles. The minimum atomic E-state index is 0.535. The summed E-state index contributed by atoms with van der Waals surface area (Å²) in [5, 5.41) is 1.49. The van der Waals surface area contributed by atoms with Crippen LogP contribution in [-0.2, 0) is 6.54 Å². The Morgan fingerprint density at radius 3 is 3.07 bits per heavy atom. The van der Waals surface area contributed by atoms with E-state index in [-0.39, 0.29) is 0 Å². The number of rotatable bonds is 3. The number of hydrogen-bond donors (Lipinski definition) is 0. The number of aromatic nitrogens is 3. The minimum absolute atomic E-state index is 0.535. The first-order valence-corrected chi connectivity index (χ1v) is 7.23. The molecule has 0 radical (unpaired) electrons. The lowest BCUT2D eigenvalue weighted by atomic mass is 10.4. The van der Waals surface area contributed by atoms with Gasteiger partial charge in [0.1, 0.15) is 17.1 Å². The standard InChI is InChI=1S/C9H9ClIN3S/c1-15-3-2-14-4-6(11)7-8(10)12-5-13-9(7)14/h4-5H,2-3H2,1H3. The molecule has 0 aliphatic rings. The van der Waals surface area contributed by atoms with Crippen LogP contribution in [0.25, 0.3) is 11.0 Å². The molecule has 0 aliphatic heterocycles. The Hall–Kier alpha value is -0.0100. The Morgan fingerprint density at radius 2 is 2.33 bits per heavy atom. The van der Waals surface area contributed by atoms with Crippen LogP contribution in [0.15, 0.2) is 12.5 Å². The lowest BCUT2D eigenvalue weighted by Crippen LogP contribution is -1.99. The Kier molecular flexibility index (Phi) is 3.73. The van der Waals surface area contributed by atoms with Crippen LogP contribution in [0.4, 0.5) is 0 Å². The number of aryl methyl sites for hydroxylation is 1. The van der Waals surface area contributed by atoms with E-state index in [1.54, 1.807) is 0 Å². The lowest BCUT2D eigenvalue weighted by Gasteiger charge is -2.01. The smallest absolute Gasteiger partial charge is 0.145 e. The number of halogens is 2. The largest absolute Gasteiger partial charge is 0.330 e. The molecule has 0 aliphatic carbocycles. The third kappa shape index (κ3) is 2.24. The molecule has 0 bridgehead atoms. The molecule has 0 unspecified atom stereocenters. The van der Waals surface area contributed by atoms with Crippen molar-refractivity contribution < 1.29 is 0 Å². The first kappa shape index (κ1) is 11.5. The summed E-state index contributed by atoms with van der Waals surface area (Å²) >= 11 is 10.1. The van der Waals surface area contributed by atoms with Crippen LogP contribution < -0.4 is 0 Å². The molecule has 0 atom stereocenters. The van der Waals surface area contributed by atoms with E-state index >= 15 is 0 Å². The summed E-state index contributed by atoms with van der Waals surface area (Å²) in [4.78, 5) is 8.26. The predicted molar refractivity (Wildman–Crippen MR) is 73.6 cm³/mol. The highest BCUT2D eigenvalue weighted by molar-refractivity contribution is 14.1. The summed E-state index contributed by atoms with van der Waals surface area (Å²) < 4.78 is 3.23. The van der Waals surface area contributed by atoms with Gasteiger partial charge >= 0.3 is 0 Å². The Bertz CT molecular complexity index is 485. The zero-order valence-electron chi connectivity index (χ0n) is 8.07. The Labute approximate surface area is 111 Å². The van der Waals surface area contributed by atoms with Gasteiger partial charge in [0.2, 0.25) is 0 Å². The van der Waals surface area contributed by atoms with Gasteiger partial charge in [-0.05, 0) is 28.8 Å². The SMILES string of the molecule is CSCCn1cc(I)c2c(Cl)ncnc21. The van der Waals surface area contributed by atoms with Crippen molar-refractivity contribution >= 4 is 57.0 Å². The first-order chi connectivity index (χ1) is 7.24. The molecule has 0 aromatic carbocycles. The number of hydrogen-bond acceptors (Lipinski definition) is 3. The van der Waals surface area contributed by atoms with Gasteiger partial charge in [-0.1, -0.05) is 11.6 Å². The second-order valence-corrected chi connectivity index (χ2v) is 5.53. The van der Waals surface area contributed by atoms with E-state index in [4.69, 9.17) is 11.6 Å². The molecule has 0 N–H and O–H groups in total. The van der Waals surface area contributed by atoms with E-state index in [1.807, 2.05) is 11.8 Å². The minimum Gasteiger partial charge on any atom is -0.330 e. The first-order valence-electron chi connectivity index (χ1n) is 4.38. The van der Waals surface area contributed by atoms with Crippen molar-refractivity contribution in [2.75, 3.05) is 12.0 Å². The van der Waals surface area contributed by atoms with Crippen LogP contribution in [0, 0.1) is 3.57 Å². The van der Waals surface area contributed by atoms with Crippen LogP contribution in [-0.4, -0.2) is 26.5 Å². The second-order valence-electron chi connectivity index (χ2n) is 3.03. The summed E-state index contributed by atoms with van der Waals surface area (Å²) in [7, 11) is 0. The van der Waals surface area contributed by atoms with Gasteiger partial charge < -0.3 is 4.57 Å². The van der Waals surface area contributed by atoms with Gasteiger partial charge in [-0.3, -0.25) is 0 Å². The number of thioether (sulfide) groups is 1. The van der Waals surface area contributed by atoms with Gasteiger partial charge in [-0.2, -0.15) is 11.8 Å². The maximum absolute atomic E-state index is 6.04. The highest BCUT2D eigenvalue weighted by Gasteiger charge is 2.11. The topological polar surface area (TPSA) is 30.7 Å². The van der Waals surface area contributed by atoms with Crippen molar-refractivity contribution in [3.8, 4) is 0 Å². The predicted octanol–water partition coefficient (Wildman–Crippen LogP) is 3.05. The molecule has 15 heavy (non-hydrogen) atoms. The molecule has 2 aromatic rings. The van der Waals surface area contributed by atoms with Crippen LogP contribution >= 0.6 is 46.0 Å². The fourth-order valence-corrected chi connectivity index (χ4v) is 3.00. The summed E-state index contributed by atoms with van der Waals surface area (Å²) in [6.07, 6.45) is 5.68. The number of nitrogens with zero attached hydrogens (tertiary/aromatic N) is 3. The van der Waals surface area contributed by atoms with Crippen molar-refractivity contribution in [1.82, 2.24) is 14.5 Å². The molecule has 0 saturated carbocycles. The van der Waals surface area contributed by atoms with E-state index in [1.165, 1.54) is 6.33 Å². The van der Waals surface area contributed by atoms with Gasteiger partial charge in [0.05, 0.1) is 5.39 Å². The van der Waals surface area contributed by atoms with E-state index < -0.39 is 0 Å². The third-order valence-corrected chi connectivity index (χ3v) is 3.79. The Morgan fingerprint density at radius 1 is 1.53 bits per heavy atom. The molecule has 6 heteroatoms. The normalized spacial score (nSPS) is 11.1. The molecule has 0 amide bonds. The third-order valence-electron chi connectivity index (χ3n) is 2.10. The van der Waals surface area contributed by atoms with Crippen molar-refractivity contribution in [2.24, 2.45) is 0 Å². The van der Waals surface area contributed by atoms with Crippen molar-refractivity contribution in [2.45, 2.75) is 6.54 Å². The zero-order valence-corrected chi connectivity index (χ0v) is 11.8. The molecule has 80 valence electrons. The van der Waals surface area contributed by atoms with Crippen LogP contribution in [0.2, 0.25) is 5.15 Å². The zero-order chi connectivity index (χ0) is 10.8. The van der Waals surface area contributed by atoms with Crippen molar-refractivity contribution in [1.29, 1.82) is 0 Å².